The topological polar surface area (TPSA) is 47.9 Å². The number of hydrogen-bond donors (Lipinski definition) is 0. The van der Waals surface area contributed by atoms with Crippen LogP contribution in [-0.2, 0) is 11.3 Å². The third-order valence-electron chi connectivity index (χ3n) is 4.56. The van der Waals surface area contributed by atoms with Crippen molar-refractivity contribution < 1.29 is 14.3 Å². The smallest absolute Gasteiger partial charge is 0.341 e. The van der Waals surface area contributed by atoms with Crippen LogP contribution in [0, 0.1) is 0 Å². The first kappa shape index (κ1) is 21.1. The number of fused-ring (bicyclic) bond motifs is 1. The Labute approximate surface area is 189 Å². The average molecular weight is 450 g/mol. The molecule has 0 saturated carbocycles. The predicted octanol–water partition coefficient (Wildman–Crippen LogP) is 7.06. The second kappa shape index (κ2) is 9.77. The molecule has 0 bridgehead atoms. The van der Waals surface area contributed by atoms with Crippen LogP contribution in [0.1, 0.15) is 28.4 Å². The van der Waals surface area contributed by atoms with Gasteiger partial charge in [-0.25, -0.2) is 9.79 Å². The standard InChI is InChI=1S/C25H20ClNO3S/c1-2-29-25(28)23-21-8-3-4-9-22(21)31-24(23)27-15-18-6-5-7-20(14-18)30-16-17-10-12-19(26)13-11-17/h3-15H,2,16H2,1H3. The lowest BCUT2D eigenvalue weighted by molar-refractivity contribution is 0.0530. The zero-order chi connectivity index (χ0) is 21.6. The Morgan fingerprint density at radius 2 is 1.87 bits per heavy atom. The second-order valence-corrected chi connectivity index (χ2v) is 8.21. The van der Waals surface area contributed by atoms with E-state index in [9.17, 15) is 4.79 Å². The van der Waals surface area contributed by atoms with Crippen molar-refractivity contribution in [2.45, 2.75) is 13.5 Å². The lowest BCUT2D eigenvalue weighted by Gasteiger charge is -2.07. The Morgan fingerprint density at radius 3 is 2.68 bits per heavy atom. The van der Waals surface area contributed by atoms with Crippen molar-refractivity contribution in [3.8, 4) is 5.75 Å². The molecule has 0 unspecified atom stereocenters. The van der Waals surface area contributed by atoms with Crippen LogP contribution in [-0.4, -0.2) is 18.8 Å². The van der Waals surface area contributed by atoms with E-state index in [1.807, 2.05) is 72.8 Å². The monoisotopic (exact) mass is 449 g/mol. The molecule has 31 heavy (non-hydrogen) atoms. The fourth-order valence-corrected chi connectivity index (χ4v) is 4.25. The van der Waals surface area contributed by atoms with Crippen LogP contribution in [0.2, 0.25) is 5.02 Å². The predicted molar refractivity (Wildman–Crippen MR) is 127 cm³/mol. The Morgan fingerprint density at radius 1 is 1.06 bits per heavy atom. The fourth-order valence-electron chi connectivity index (χ4n) is 3.09. The van der Waals surface area contributed by atoms with Crippen molar-refractivity contribution in [3.05, 3.63) is 94.5 Å². The van der Waals surface area contributed by atoms with Gasteiger partial charge < -0.3 is 9.47 Å². The summed E-state index contributed by atoms with van der Waals surface area (Å²) in [6, 6.07) is 23.0. The van der Waals surface area contributed by atoms with E-state index in [-0.39, 0.29) is 5.97 Å². The number of benzene rings is 3. The van der Waals surface area contributed by atoms with E-state index in [4.69, 9.17) is 21.1 Å². The third kappa shape index (κ3) is 5.13. The minimum Gasteiger partial charge on any atom is -0.489 e. The van der Waals surface area contributed by atoms with Gasteiger partial charge in [0.2, 0.25) is 0 Å². The summed E-state index contributed by atoms with van der Waals surface area (Å²) in [5.41, 5.74) is 2.42. The highest BCUT2D eigenvalue weighted by atomic mass is 35.5. The van der Waals surface area contributed by atoms with Gasteiger partial charge in [0.1, 0.15) is 22.9 Å². The summed E-state index contributed by atoms with van der Waals surface area (Å²) in [6.45, 7) is 2.56. The molecule has 6 heteroatoms. The number of hydrogen-bond acceptors (Lipinski definition) is 5. The minimum absolute atomic E-state index is 0.319. The highest BCUT2D eigenvalue weighted by Crippen LogP contribution is 2.38. The minimum atomic E-state index is -0.354. The van der Waals surface area contributed by atoms with Gasteiger partial charge in [0.05, 0.1) is 6.61 Å². The fraction of sp³-hybridized carbons (Fsp3) is 0.120. The molecular weight excluding hydrogens is 430 g/mol. The van der Waals surface area contributed by atoms with Crippen molar-refractivity contribution in [3.63, 3.8) is 0 Å². The molecule has 0 fully saturated rings. The Balaban J connectivity index is 1.55. The highest BCUT2D eigenvalue weighted by molar-refractivity contribution is 7.23. The number of nitrogens with zero attached hydrogens (tertiary/aromatic N) is 1. The number of ether oxygens (including phenoxy) is 2. The summed E-state index contributed by atoms with van der Waals surface area (Å²) in [5, 5.41) is 2.19. The Bertz CT molecular complexity index is 1230. The van der Waals surface area contributed by atoms with Gasteiger partial charge in [-0.1, -0.05) is 54.1 Å². The van der Waals surface area contributed by atoms with Gasteiger partial charge in [0, 0.05) is 21.3 Å². The lowest BCUT2D eigenvalue weighted by atomic mass is 10.1. The molecule has 4 aromatic rings. The molecule has 4 rings (SSSR count). The molecule has 0 aliphatic carbocycles. The van der Waals surface area contributed by atoms with Gasteiger partial charge in [-0.3, -0.25) is 0 Å². The third-order valence-corrected chi connectivity index (χ3v) is 5.89. The average Bonchev–Trinajstić information content (AvgIpc) is 3.16. The molecule has 0 saturated heterocycles. The van der Waals surface area contributed by atoms with E-state index in [0.717, 1.165) is 27.0 Å². The van der Waals surface area contributed by atoms with Crippen LogP contribution in [0.3, 0.4) is 0 Å². The maximum absolute atomic E-state index is 12.5. The second-order valence-electron chi connectivity index (χ2n) is 6.74. The molecule has 0 aliphatic heterocycles. The summed E-state index contributed by atoms with van der Waals surface area (Å²) >= 11 is 7.39. The molecule has 0 spiro atoms. The van der Waals surface area contributed by atoms with Crippen molar-refractivity contribution in [2.24, 2.45) is 4.99 Å². The molecule has 3 aromatic carbocycles. The Kier molecular flexibility index (Phi) is 6.65. The lowest BCUT2D eigenvalue weighted by Crippen LogP contribution is -2.03. The van der Waals surface area contributed by atoms with Crippen LogP contribution < -0.4 is 4.74 Å². The number of aliphatic imine (C=N–C) groups is 1. The molecule has 0 atom stereocenters. The molecular formula is C25H20ClNO3S. The summed E-state index contributed by atoms with van der Waals surface area (Å²) in [5.74, 6) is 0.382. The zero-order valence-corrected chi connectivity index (χ0v) is 18.5. The van der Waals surface area contributed by atoms with Gasteiger partial charge in [-0.2, -0.15) is 0 Å². The number of carbonyl (C=O) groups excluding carboxylic acids is 1. The zero-order valence-electron chi connectivity index (χ0n) is 16.9. The molecule has 0 aliphatic rings. The largest absolute Gasteiger partial charge is 0.489 e. The van der Waals surface area contributed by atoms with Crippen molar-refractivity contribution in [1.29, 1.82) is 0 Å². The van der Waals surface area contributed by atoms with E-state index >= 15 is 0 Å². The van der Waals surface area contributed by atoms with Crippen molar-refractivity contribution >= 4 is 50.2 Å². The first-order valence-corrected chi connectivity index (χ1v) is 11.0. The summed E-state index contributed by atoms with van der Waals surface area (Å²) in [4.78, 5) is 17.1. The summed E-state index contributed by atoms with van der Waals surface area (Å²) in [6.07, 6.45) is 1.74. The summed E-state index contributed by atoms with van der Waals surface area (Å²) in [7, 11) is 0. The number of carbonyl (C=O) groups is 1. The normalized spacial score (nSPS) is 11.2. The van der Waals surface area contributed by atoms with Crippen LogP contribution in [0.4, 0.5) is 5.00 Å². The quantitative estimate of drug-likeness (QED) is 0.224. The Hall–Kier alpha value is -3.15. The van der Waals surface area contributed by atoms with Gasteiger partial charge >= 0.3 is 5.97 Å². The van der Waals surface area contributed by atoms with Crippen LogP contribution in [0.15, 0.2) is 77.8 Å². The molecule has 0 amide bonds. The van der Waals surface area contributed by atoms with E-state index in [1.165, 1.54) is 11.3 Å². The number of thiophene rings is 1. The van der Waals surface area contributed by atoms with Gasteiger partial charge in [-0.15, -0.1) is 11.3 Å². The van der Waals surface area contributed by atoms with E-state index in [2.05, 4.69) is 4.99 Å². The van der Waals surface area contributed by atoms with Crippen LogP contribution in [0.5, 0.6) is 5.75 Å². The van der Waals surface area contributed by atoms with Crippen LogP contribution >= 0.6 is 22.9 Å². The van der Waals surface area contributed by atoms with E-state index < -0.39 is 0 Å². The molecule has 0 radical (unpaired) electrons. The molecule has 156 valence electrons. The SMILES string of the molecule is CCOC(=O)c1c(N=Cc2cccc(OCc3ccc(Cl)cc3)c2)sc2ccccc12. The van der Waals surface area contributed by atoms with Gasteiger partial charge in [0.25, 0.3) is 0 Å². The molecule has 0 N–H and O–H groups in total. The van der Waals surface area contributed by atoms with Crippen molar-refractivity contribution in [1.82, 2.24) is 0 Å². The number of rotatable bonds is 7. The molecule has 1 aromatic heterocycles. The first-order chi connectivity index (χ1) is 15.1. The highest BCUT2D eigenvalue weighted by Gasteiger charge is 2.19. The number of halogens is 1. The number of esters is 1. The maximum atomic E-state index is 12.5. The van der Waals surface area contributed by atoms with Gasteiger partial charge in [0.15, 0.2) is 0 Å². The maximum Gasteiger partial charge on any atom is 0.341 e. The van der Waals surface area contributed by atoms with Crippen LogP contribution in [0.25, 0.3) is 10.1 Å². The summed E-state index contributed by atoms with van der Waals surface area (Å²) < 4.78 is 12.1. The molecule has 1 heterocycles. The van der Waals surface area contributed by atoms with E-state index in [0.29, 0.717) is 28.8 Å². The first-order valence-electron chi connectivity index (χ1n) is 9.84. The van der Waals surface area contributed by atoms with Crippen molar-refractivity contribution in [2.75, 3.05) is 6.61 Å². The van der Waals surface area contributed by atoms with Gasteiger partial charge in [-0.05, 0) is 48.4 Å². The molecule has 4 nitrogen and oxygen atoms in total. The van der Waals surface area contributed by atoms with E-state index in [1.54, 1.807) is 13.1 Å².